The summed E-state index contributed by atoms with van der Waals surface area (Å²) in [6.07, 6.45) is 0.849. The Balaban J connectivity index is 2.21. The van der Waals surface area contributed by atoms with Gasteiger partial charge in [0.15, 0.2) is 11.5 Å². The van der Waals surface area contributed by atoms with Gasteiger partial charge in [-0.15, -0.1) is 0 Å². The lowest BCUT2D eigenvalue weighted by Gasteiger charge is -2.24. The summed E-state index contributed by atoms with van der Waals surface area (Å²) in [4.78, 5) is 13.9. The maximum atomic E-state index is 12.3. The molecule has 2 N–H and O–H groups in total. The van der Waals surface area contributed by atoms with E-state index in [0.29, 0.717) is 36.8 Å². The third-order valence-electron chi connectivity index (χ3n) is 3.32. The van der Waals surface area contributed by atoms with Crippen molar-refractivity contribution in [1.29, 1.82) is 0 Å². The Hall–Kier alpha value is -1.75. The van der Waals surface area contributed by atoms with Crippen molar-refractivity contribution in [2.75, 3.05) is 26.8 Å². The average Bonchev–Trinajstić information content (AvgIpc) is 2.69. The van der Waals surface area contributed by atoms with Crippen molar-refractivity contribution >= 4 is 5.91 Å². The van der Waals surface area contributed by atoms with Gasteiger partial charge in [-0.25, -0.2) is 0 Å². The predicted molar refractivity (Wildman–Crippen MR) is 72.7 cm³/mol. The van der Waals surface area contributed by atoms with Crippen LogP contribution in [0.1, 0.15) is 23.7 Å². The molecule has 1 atom stereocenters. The molecule has 19 heavy (non-hydrogen) atoms. The monoisotopic (exact) mass is 264 g/mol. The smallest absolute Gasteiger partial charge is 0.254 e. The molecule has 0 fully saturated rings. The van der Waals surface area contributed by atoms with Gasteiger partial charge < -0.3 is 20.1 Å². The highest BCUT2D eigenvalue weighted by Gasteiger charge is 2.19. The fraction of sp³-hybridized carbons (Fsp3) is 0.500. The molecule has 1 unspecified atom stereocenters. The third-order valence-corrected chi connectivity index (χ3v) is 3.32. The topological polar surface area (TPSA) is 64.8 Å². The predicted octanol–water partition coefficient (Wildman–Crippen LogP) is 1.27. The van der Waals surface area contributed by atoms with Crippen molar-refractivity contribution < 1.29 is 14.3 Å². The molecule has 0 bridgehead atoms. The number of carbonyl (C=O) groups excluding carboxylic acids is 1. The molecule has 0 radical (unpaired) electrons. The third kappa shape index (κ3) is 2.98. The maximum absolute atomic E-state index is 12.3. The van der Waals surface area contributed by atoms with E-state index in [4.69, 9.17) is 15.2 Å². The zero-order valence-electron chi connectivity index (χ0n) is 11.4. The Bertz CT molecular complexity index is 462. The van der Waals surface area contributed by atoms with Gasteiger partial charge in [-0.2, -0.15) is 0 Å². The molecule has 0 spiro atoms. The van der Waals surface area contributed by atoms with Crippen molar-refractivity contribution in [3.05, 3.63) is 23.8 Å². The molecule has 0 saturated carbocycles. The van der Waals surface area contributed by atoms with Crippen LogP contribution in [-0.2, 0) is 0 Å². The van der Waals surface area contributed by atoms with E-state index in [1.54, 1.807) is 30.1 Å². The van der Waals surface area contributed by atoms with Crippen molar-refractivity contribution in [3.63, 3.8) is 0 Å². The molecule has 104 valence electrons. The lowest BCUT2D eigenvalue weighted by atomic mass is 10.1. The van der Waals surface area contributed by atoms with Crippen LogP contribution in [0.4, 0.5) is 0 Å². The minimum atomic E-state index is -0.0615. The summed E-state index contributed by atoms with van der Waals surface area (Å²) in [6, 6.07) is 5.29. The molecular weight excluding hydrogens is 244 g/mol. The van der Waals surface area contributed by atoms with E-state index < -0.39 is 0 Å². The van der Waals surface area contributed by atoms with Crippen molar-refractivity contribution in [2.24, 2.45) is 5.73 Å². The molecular formula is C14H20N2O3. The number of carbonyl (C=O) groups is 1. The van der Waals surface area contributed by atoms with Gasteiger partial charge >= 0.3 is 0 Å². The van der Waals surface area contributed by atoms with Crippen LogP contribution in [0.2, 0.25) is 0 Å². The summed E-state index contributed by atoms with van der Waals surface area (Å²) in [5, 5.41) is 0. The average molecular weight is 264 g/mol. The fourth-order valence-corrected chi connectivity index (χ4v) is 1.86. The molecule has 5 nitrogen and oxygen atoms in total. The summed E-state index contributed by atoms with van der Waals surface area (Å²) in [5.74, 6) is 1.27. The van der Waals surface area contributed by atoms with E-state index >= 15 is 0 Å². The first-order chi connectivity index (χ1) is 9.13. The summed E-state index contributed by atoms with van der Waals surface area (Å²) in [7, 11) is 1.75. The number of nitrogens with zero attached hydrogens (tertiary/aromatic N) is 1. The number of nitrogens with two attached hydrogens (primary N) is 1. The van der Waals surface area contributed by atoms with Gasteiger partial charge in [-0.3, -0.25) is 4.79 Å². The van der Waals surface area contributed by atoms with E-state index in [0.717, 1.165) is 6.42 Å². The summed E-state index contributed by atoms with van der Waals surface area (Å²) in [6.45, 7) is 3.61. The second kappa shape index (κ2) is 5.93. The Morgan fingerprint density at radius 3 is 2.74 bits per heavy atom. The Labute approximate surface area is 113 Å². The highest BCUT2D eigenvalue weighted by molar-refractivity contribution is 5.95. The van der Waals surface area contributed by atoms with Crippen LogP contribution in [0.5, 0.6) is 11.5 Å². The number of hydrogen-bond donors (Lipinski definition) is 1. The van der Waals surface area contributed by atoms with Gasteiger partial charge in [0.1, 0.15) is 0 Å². The number of hydrogen-bond acceptors (Lipinski definition) is 4. The number of rotatable bonds is 3. The molecule has 1 aromatic rings. The van der Waals surface area contributed by atoms with Crippen LogP contribution in [-0.4, -0.2) is 43.7 Å². The van der Waals surface area contributed by atoms with Crippen molar-refractivity contribution in [2.45, 2.75) is 19.4 Å². The lowest BCUT2D eigenvalue weighted by Crippen LogP contribution is -2.39. The van der Waals surface area contributed by atoms with Gasteiger partial charge in [-0.1, -0.05) is 0 Å². The van der Waals surface area contributed by atoms with Crippen LogP contribution < -0.4 is 15.2 Å². The second-order valence-corrected chi connectivity index (χ2v) is 4.71. The van der Waals surface area contributed by atoms with Crippen LogP contribution in [0.3, 0.4) is 0 Å². The number of benzene rings is 1. The molecule has 0 aromatic heterocycles. The van der Waals surface area contributed by atoms with Crippen molar-refractivity contribution in [3.8, 4) is 11.5 Å². The van der Waals surface area contributed by atoms with Gasteiger partial charge in [0.25, 0.3) is 5.91 Å². The largest absolute Gasteiger partial charge is 0.490 e. The molecule has 1 heterocycles. The SMILES string of the molecule is CC(CN)N(C)C(=O)c1ccc2c(c1)OCCCO2. The number of fused-ring (bicyclic) bond motifs is 1. The van der Waals surface area contributed by atoms with Crippen LogP contribution in [0.15, 0.2) is 18.2 Å². The highest BCUT2D eigenvalue weighted by Crippen LogP contribution is 2.30. The molecule has 0 saturated heterocycles. The summed E-state index contributed by atoms with van der Waals surface area (Å²) < 4.78 is 11.1. The van der Waals surface area contributed by atoms with Crippen LogP contribution in [0.25, 0.3) is 0 Å². The van der Waals surface area contributed by atoms with Crippen LogP contribution in [0, 0.1) is 0 Å². The molecule has 2 rings (SSSR count). The Morgan fingerprint density at radius 1 is 1.37 bits per heavy atom. The maximum Gasteiger partial charge on any atom is 0.254 e. The lowest BCUT2D eigenvalue weighted by molar-refractivity contribution is 0.0748. The van der Waals surface area contributed by atoms with E-state index in [9.17, 15) is 4.79 Å². The number of likely N-dealkylation sites (N-methyl/N-ethyl adjacent to an activating group) is 1. The van der Waals surface area contributed by atoms with E-state index in [-0.39, 0.29) is 11.9 Å². The zero-order chi connectivity index (χ0) is 13.8. The van der Waals surface area contributed by atoms with Gasteiger partial charge in [-0.05, 0) is 25.1 Å². The minimum Gasteiger partial charge on any atom is -0.490 e. The normalized spacial score (nSPS) is 15.5. The fourth-order valence-electron chi connectivity index (χ4n) is 1.86. The molecule has 1 aliphatic rings. The first-order valence-electron chi connectivity index (χ1n) is 6.50. The molecule has 1 aromatic carbocycles. The molecule has 0 aliphatic carbocycles. The first kappa shape index (κ1) is 13.7. The van der Waals surface area contributed by atoms with Crippen molar-refractivity contribution in [1.82, 2.24) is 4.90 Å². The summed E-state index contributed by atoms with van der Waals surface area (Å²) in [5.41, 5.74) is 6.17. The molecule has 1 aliphatic heterocycles. The molecule has 5 heteroatoms. The second-order valence-electron chi connectivity index (χ2n) is 4.71. The molecule has 1 amide bonds. The van der Waals surface area contributed by atoms with Gasteiger partial charge in [0, 0.05) is 31.6 Å². The number of ether oxygens (including phenoxy) is 2. The quantitative estimate of drug-likeness (QED) is 0.893. The number of amides is 1. The van der Waals surface area contributed by atoms with E-state index in [2.05, 4.69) is 0 Å². The highest BCUT2D eigenvalue weighted by atomic mass is 16.5. The standard InChI is InChI=1S/C14H20N2O3/c1-10(9-15)16(2)14(17)11-4-5-12-13(8-11)19-7-3-6-18-12/h4-5,8,10H,3,6-7,9,15H2,1-2H3. The van der Waals surface area contributed by atoms with E-state index in [1.807, 2.05) is 6.92 Å². The summed E-state index contributed by atoms with van der Waals surface area (Å²) >= 11 is 0. The van der Waals surface area contributed by atoms with E-state index in [1.165, 1.54) is 0 Å². The van der Waals surface area contributed by atoms with Gasteiger partial charge in [0.2, 0.25) is 0 Å². The Morgan fingerprint density at radius 2 is 2.05 bits per heavy atom. The minimum absolute atomic E-state index is 0.00322. The van der Waals surface area contributed by atoms with Gasteiger partial charge in [0.05, 0.1) is 13.2 Å². The zero-order valence-corrected chi connectivity index (χ0v) is 11.4. The van der Waals surface area contributed by atoms with Crippen LogP contribution >= 0.6 is 0 Å². The first-order valence-corrected chi connectivity index (χ1v) is 6.50. The Kier molecular flexibility index (Phi) is 4.27.